The van der Waals surface area contributed by atoms with E-state index in [0.717, 1.165) is 25.0 Å². The van der Waals surface area contributed by atoms with Crippen LogP contribution in [0.5, 0.6) is 5.75 Å². The van der Waals surface area contributed by atoms with Gasteiger partial charge in [-0.1, -0.05) is 6.07 Å². The second-order valence-corrected chi connectivity index (χ2v) is 9.05. The van der Waals surface area contributed by atoms with Gasteiger partial charge in [-0.15, -0.1) is 0 Å². The average molecular weight is 526 g/mol. The van der Waals surface area contributed by atoms with Crippen LogP contribution in [0.4, 0.5) is 18.9 Å². The van der Waals surface area contributed by atoms with Gasteiger partial charge in [-0.05, 0) is 67.3 Å². The normalized spacial score (nSPS) is 14.2. The van der Waals surface area contributed by atoms with Crippen LogP contribution >= 0.6 is 0 Å². The van der Waals surface area contributed by atoms with Crippen molar-refractivity contribution in [3.05, 3.63) is 88.7 Å². The highest BCUT2D eigenvalue weighted by atomic mass is 19.4. The van der Waals surface area contributed by atoms with Crippen LogP contribution in [0.15, 0.2) is 60.9 Å². The SMILES string of the molecule is N=C(N)c1ccc(O)c(C(Cc2cccnc2)C(=O)Nc2ccc(C(=O)N3CCCC3)c(C(F)(F)F)c2)c1. The Labute approximate surface area is 216 Å². The highest BCUT2D eigenvalue weighted by Crippen LogP contribution is 2.36. The number of nitrogens with one attached hydrogen (secondary N) is 2. The zero-order chi connectivity index (χ0) is 27.4. The molecule has 3 aromatic rings. The fourth-order valence-corrected chi connectivity index (χ4v) is 4.46. The summed E-state index contributed by atoms with van der Waals surface area (Å²) in [6, 6.07) is 10.6. The molecule has 0 bridgehead atoms. The molecule has 2 amide bonds. The number of phenols is 1. The molecule has 1 saturated heterocycles. The zero-order valence-corrected chi connectivity index (χ0v) is 20.3. The summed E-state index contributed by atoms with van der Waals surface area (Å²) < 4.78 is 41.8. The number of phenolic OH excluding ortho intramolecular Hbond substituents is 1. The average Bonchev–Trinajstić information content (AvgIpc) is 3.42. The van der Waals surface area contributed by atoms with Crippen LogP contribution in [0.25, 0.3) is 0 Å². The molecule has 1 aliphatic heterocycles. The standard InChI is InChI=1S/C27H26F3N5O3/c28-27(29,30)22-14-18(6-7-19(22)26(38)35-10-1-2-11-35)34-25(37)21(12-16-4-3-9-33-15-16)20-13-17(24(31)32)5-8-23(20)36/h3-9,13-15,21,36H,1-2,10-12H2,(H3,31,32)(H,34,37). The number of halogens is 3. The first-order valence-electron chi connectivity index (χ1n) is 11.9. The van der Waals surface area contributed by atoms with Gasteiger partial charge in [-0.3, -0.25) is 20.0 Å². The lowest BCUT2D eigenvalue weighted by atomic mass is 9.89. The zero-order valence-electron chi connectivity index (χ0n) is 20.3. The summed E-state index contributed by atoms with van der Waals surface area (Å²) >= 11 is 0. The predicted molar refractivity (Wildman–Crippen MR) is 135 cm³/mol. The van der Waals surface area contributed by atoms with Crippen LogP contribution in [-0.2, 0) is 17.4 Å². The Morgan fingerprint density at radius 1 is 1.13 bits per heavy atom. The predicted octanol–water partition coefficient (Wildman–Crippen LogP) is 4.29. The van der Waals surface area contributed by atoms with Crippen LogP contribution in [0.2, 0.25) is 0 Å². The van der Waals surface area contributed by atoms with Crippen molar-refractivity contribution in [2.45, 2.75) is 31.4 Å². The smallest absolute Gasteiger partial charge is 0.417 e. The second kappa shape index (κ2) is 10.9. The van der Waals surface area contributed by atoms with Crippen LogP contribution < -0.4 is 11.1 Å². The number of hydrogen-bond donors (Lipinski definition) is 4. The number of amidine groups is 1. The van der Waals surface area contributed by atoms with E-state index in [1.807, 2.05) is 0 Å². The third-order valence-electron chi connectivity index (χ3n) is 6.41. The summed E-state index contributed by atoms with van der Waals surface area (Å²) in [6.45, 7) is 0.793. The molecule has 1 aromatic heterocycles. The highest BCUT2D eigenvalue weighted by Gasteiger charge is 2.37. The second-order valence-electron chi connectivity index (χ2n) is 9.05. The van der Waals surface area contributed by atoms with Gasteiger partial charge in [-0.25, -0.2) is 0 Å². The van der Waals surface area contributed by atoms with Crippen molar-refractivity contribution in [2.75, 3.05) is 18.4 Å². The van der Waals surface area contributed by atoms with Gasteiger partial charge >= 0.3 is 6.18 Å². The lowest BCUT2D eigenvalue weighted by molar-refractivity contribution is -0.138. The number of anilines is 1. The molecule has 0 spiro atoms. The topological polar surface area (TPSA) is 132 Å². The molecule has 1 fully saturated rings. The summed E-state index contributed by atoms with van der Waals surface area (Å²) in [5, 5.41) is 20.7. The molecule has 0 saturated carbocycles. The van der Waals surface area contributed by atoms with Crippen molar-refractivity contribution in [1.82, 2.24) is 9.88 Å². The maximum atomic E-state index is 13.9. The number of carbonyl (C=O) groups is 2. The summed E-state index contributed by atoms with van der Waals surface area (Å²) in [5.74, 6) is -2.97. The van der Waals surface area contributed by atoms with E-state index in [0.29, 0.717) is 18.7 Å². The maximum absolute atomic E-state index is 13.9. The van der Waals surface area contributed by atoms with E-state index < -0.39 is 35.0 Å². The van der Waals surface area contributed by atoms with Crippen LogP contribution in [0, 0.1) is 5.41 Å². The minimum absolute atomic E-state index is 0.0618. The minimum Gasteiger partial charge on any atom is -0.508 e. The Morgan fingerprint density at radius 2 is 1.87 bits per heavy atom. The monoisotopic (exact) mass is 525 g/mol. The molecular weight excluding hydrogens is 499 g/mol. The first kappa shape index (κ1) is 26.6. The van der Waals surface area contributed by atoms with E-state index in [-0.39, 0.29) is 34.8 Å². The number of carbonyl (C=O) groups excluding carboxylic acids is 2. The Balaban J connectivity index is 1.69. The first-order chi connectivity index (χ1) is 18.0. The van der Waals surface area contributed by atoms with Gasteiger partial charge in [0.15, 0.2) is 0 Å². The number of rotatable bonds is 7. The molecule has 1 aliphatic rings. The molecule has 0 aliphatic carbocycles. The van der Waals surface area contributed by atoms with Crippen molar-refractivity contribution in [1.29, 1.82) is 5.41 Å². The summed E-state index contributed by atoms with van der Waals surface area (Å²) in [4.78, 5) is 31.6. The molecule has 11 heteroatoms. The highest BCUT2D eigenvalue weighted by molar-refractivity contribution is 6.00. The molecule has 1 unspecified atom stereocenters. The fraction of sp³-hybridized carbons (Fsp3) is 0.259. The lowest BCUT2D eigenvalue weighted by Crippen LogP contribution is -2.30. The summed E-state index contributed by atoms with van der Waals surface area (Å²) in [5.41, 5.74) is 4.87. The third-order valence-corrected chi connectivity index (χ3v) is 6.41. The van der Waals surface area contributed by atoms with E-state index in [1.165, 1.54) is 35.4 Å². The number of hydrogen-bond acceptors (Lipinski definition) is 5. The van der Waals surface area contributed by atoms with Gasteiger partial charge in [0.25, 0.3) is 5.91 Å². The third kappa shape index (κ3) is 5.93. The molecule has 8 nitrogen and oxygen atoms in total. The van der Waals surface area contributed by atoms with Gasteiger partial charge in [0.2, 0.25) is 5.91 Å². The van der Waals surface area contributed by atoms with Gasteiger partial charge in [0.05, 0.1) is 17.0 Å². The van der Waals surface area contributed by atoms with Crippen LogP contribution in [-0.4, -0.2) is 45.7 Å². The Kier molecular flexibility index (Phi) is 7.65. The van der Waals surface area contributed by atoms with Crippen LogP contribution in [0.3, 0.4) is 0 Å². The number of pyridine rings is 1. The number of alkyl halides is 3. The molecule has 198 valence electrons. The fourth-order valence-electron chi connectivity index (χ4n) is 4.46. The molecule has 38 heavy (non-hydrogen) atoms. The number of nitrogens with two attached hydrogens (primary N) is 1. The molecule has 2 aromatic carbocycles. The Hall–Kier alpha value is -4.41. The minimum atomic E-state index is -4.82. The van der Waals surface area contributed by atoms with Crippen molar-refractivity contribution < 1.29 is 27.9 Å². The van der Waals surface area contributed by atoms with E-state index in [4.69, 9.17) is 11.1 Å². The number of benzene rings is 2. The Morgan fingerprint density at radius 3 is 2.50 bits per heavy atom. The number of likely N-dealkylation sites (tertiary alicyclic amines) is 1. The molecule has 5 N–H and O–H groups in total. The van der Waals surface area contributed by atoms with Crippen molar-refractivity contribution in [3.63, 3.8) is 0 Å². The molecule has 4 rings (SSSR count). The summed E-state index contributed by atoms with van der Waals surface area (Å²) in [7, 11) is 0. The van der Waals surface area contributed by atoms with Gasteiger partial charge in [0, 0.05) is 42.3 Å². The van der Waals surface area contributed by atoms with E-state index in [9.17, 15) is 27.9 Å². The van der Waals surface area contributed by atoms with E-state index in [1.54, 1.807) is 18.3 Å². The first-order valence-corrected chi connectivity index (χ1v) is 11.9. The number of aromatic nitrogens is 1. The van der Waals surface area contributed by atoms with Crippen LogP contribution in [0.1, 0.15) is 51.4 Å². The van der Waals surface area contributed by atoms with Crippen molar-refractivity contribution in [3.8, 4) is 5.75 Å². The summed E-state index contributed by atoms with van der Waals surface area (Å²) in [6.07, 6.45) is -0.210. The molecule has 1 atom stereocenters. The maximum Gasteiger partial charge on any atom is 0.417 e. The number of aromatic hydroxyl groups is 1. The number of nitrogens with zero attached hydrogens (tertiary/aromatic N) is 2. The lowest BCUT2D eigenvalue weighted by Gasteiger charge is -2.21. The van der Waals surface area contributed by atoms with Gasteiger partial charge < -0.3 is 21.1 Å². The molecule has 0 radical (unpaired) electrons. The van der Waals surface area contributed by atoms with Crippen molar-refractivity contribution in [2.24, 2.45) is 5.73 Å². The quantitative estimate of drug-likeness (QED) is 0.270. The van der Waals surface area contributed by atoms with Gasteiger partial charge in [0.1, 0.15) is 11.6 Å². The molecule has 2 heterocycles. The largest absolute Gasteiger partial charge is 0.508 e. The van der Waals surface area contributed by atoms with E-state index in [2.05, 4.69) is 10.3 Å². The van der Waals surface area contributed by atoms with Gasteiger partial charge in [-0.2, -0.15) is 13.2 Å². The number of nitrogen functional groups attached to an aromatic ring is 1. The Bertz CT molecular complexity index is 1360. The van der Waals surface area contributed by atoms with Crippen molar-refractivity contribution >= 4 is 23.3 Å². The van der Waals surface area contributed by atoms with E-state index >= 15 is 0 Å². The molecular formula is C27H26F3N5O3. The number of amides is 2.